The average molecular weight is 519 g/mol. The Morgan fingerprint density at radius 2 is 1.14 bits per heavy atom. The minimum atomic E-state index is 0.514. The van der Waals surface area contributed by atoms with E-state index in [-0.39, 0.29) is 0 Å². The van der Waals surface area contributed by atoms with Crippen LogP contribution in [0.25, 0.3) is 11.1 Å². The van der Waals surface area contributed by atoms with Crippen LogP contribution in [0.1, 0.15) is 30.0 Å². The van der Waals surface area contributed by atoms with Crippen molar-refractivity contribution in [2.75, 3.05) is 86.4 Å². The summed E-state index contributed by atoms with van der Waals surface area (Å²) in [5, 5.41) is 0. The Kier molecular flexibility index (Phi) is 16.9. The van der Waals surface area contributed by atoms with E-state index in [2.05, 4.69) is 57.2 Å². The second kappa shape index (κ2) is 20.0. The molecule has 0 aliphatic rings. The molecule has 0 aromatic heterocycles. The predicted octanol–water partition coefficient (Wildman–Crippen LogP) is 5.03. The Bertz CT molecular complexity index is 856. The maximum Gasteiger partial charge on any atom is 0.122 e. The number of hydrogen-bond acceptors (Lipinski definition) is 7. The molecule has 7 nitrogen and oxygen atoms in total. The van der Waals surface area contributed by atoms with Crippen molar-refractivity contribution in [1.29, 1.82) is 0 Å². The van der Waals surface area contributed by atoms with Crippen molar-refractivity contribution in [2.45, 2.75) is 33.6 Å². The number of rotatable bonds is 22. The fourth-order valence-electron chi connectivity index (χ4n) is 3.73. The van der Waals surface area contributed by atoms with Gasteiger partial charge in [0.25, 0.3) is 0 Å². The number of aryl methyl sites for hydroxylation is 3. The number of methoxy groups -OCH3 is 1. The highest BCUT2D eigenvalue weighted by atomic mass is 16.6. The van der Waals surface area contributed by atoms with Gasteiger partial charge in [0.05, 0.1) is 72.7 Å². The minimum Gasteiger partial charge on any atom is -0.491 e. The van der Waals surface area contributed by atoms with E-state index < -0.39 is 0 Å². The van der Waals surface area contributed by atoms with Crippen LogP contribution in [0.2, 0.25) is 0 Å². The highest BCUT2D eigenvalue weighted by Gasteiger charge is 2.09. The fourth-order valence-corrected chi connectivity index (χ4v) is 3.73. The highest BCUT2D eigenvalue weighted by Crippen LogP contribution is 2.30. The molecule has 0 spiro atoms. The van der Waals surface area contributed by atoms with Gasteiger partial charge in [0.2, 0.25) is 0 Å². The van der Waals surface area contributed by atoms with Gasteiger partial charge in [-0.15, -0.1) is 0 Å². The van der Waals surface area contributed by atoms with Crippen LogP contribution in [0.3, 0.4) is 0 Å². The van der Waals surface area contributed by atoms with Gasteiger partial charge in [0.1, 0.15) is 12.4 Å². The largest absolute Gasteiger partial charge is 0.491 e. The van der Waals surface area contributed by atoms with Crippen molar-refractivity contribution < 1.29 is 33.2 Å². The number of ether oxygens (including phenoxy) is 7. The van der Waals surface area contributed by atoms with E-state index in [9.17, 15) is 0 Å². The lowest BCUT2D eigenvalue weighted by atomic mass is 9.95. The molecule has 0 saturated carbocycles. The Hall–Kier alpha value is -2.00. The molecule has 0 radical (unpaired) electrons. The number of hydrogen-bond donors (Lipinski definition) is 0. The van der Waals surface area contributed by atoms with E-state index >= 15 is 0 Å². The van der Waals surface area contributed by atoms with Gasteiger partial charge >= 0.3 is 0 Å². The standard InChI is InChI=1S/C30H46O7/c1-5-6-28-24-27(29-23-25(2)7-8-26(29)3)9-10-30(28)37-22-21-36-20-19-35-18-17-34-16-15-33-14-13-32-12-11-31-4/h7-10,23-24H,5-6,11-22H2,1-4H3. The van der Waals surface area contributed by atoms with Crippen molar-refractivity contribution in [3.8, 4) is 16.9 Å². The van der Waals surface area contributed by atoms with Gasteiger partial charge < -0.3 is 33.2 Å². The van der Waals surface area contributed by atoms with Gasteiger partial charge in [0.15, 0.2) is 0 Å². The molecular formula is C30H46O7. The van der Waals surface area contributed by atoms with Crippen molar-refractivity contribution in [3.05, 3.63) is 53.1 Å². The number of benzene rings is 2. The molecule has 0 N–H and O–H groups in total. The first kappa shape index (κ1) is 31.2. The van der Waals surface area contributed by atoms with Crippen LogP contribution in [-0.2, 0) is 34.8 Å². The van der Waals surface area contributed by atoms with E-state index in [1.54, 1.807) is 7.11 Å². The topological polar surface area (TPSA) is 64.6 Å². The first-order valence-electron chi connectivity index (χ1n) is 13.4. The summed E-state index contributed by atoms with van der Waals surface area (Å²) in [6, 6.07) is 13.1. The molecule has 2 aromatic rings. The Morgan fingerprint density at radius 1 is 0.595 bits per heavy atom. The van der Waals surface area contributed by atoms with Crippen molar-refractivity contribution >= 4 is 0 Å². The van der Waals surface area contributed by atoms with Crippen molar-refractivity contribution in [2.24, 2.45) is 0 Å². The third kappa shape index (κ3) is 13.4. The van der Waals surface area contributed by atoms with Crippen LogP contribution in [0.4, 0.5) is 0 Å². The summed E-state index contributed by atoms with van der Waals surface area (Å²) in [4.78, 5) is 0. The molecule has 0 bridgehead atoms. The molecule has 0 amide bonds. The summed E-state index contributed by atoms with van der Waals surface area (Å²) in [6.07, 6.45) is 2.06. The van der Waals surface area contributed by atoms with Crippen LogP contribution in [0.5, 0.6) is 5.75 Å². The van der Waals surface area contributed by atoms with E-state index in [0.29, 0.717) is 79.3 Å². The first-order chi connectivity index (χ1) is 18.2. The highest BCUT2D eigenvalue weighted by molar-refractivity contribution is 5.69. The molecule has 0 fully saturated rings. The predicted molar refractivity (Wildman–Crippen MR) is 147 cm³/mol. The first-order valence-corrected chi connectivity index (χ1v) is 13.4. The van der Waals surface area contributed by atoms with Gasteiger partial charge in [-0.1, -0.05) is 43.2 Å². The molecule has 0 heterocycles. The van der Waals surface area contributed by atoms with E-state index in [1.807, 2.05) is 0 Å². The average Bonchev–Trinajstić information content (AvgIpc) is 2.90. The second-order valence-electron chi connectivity index (χ2n) is 8.79. The lowest BCUT2D eigenvalue weighted by molar-refractivity contribution is -0.0159. The molecule has 0 aliphatic carbocycles. The molecule has 37 heavy (non-hydrogen) atoms. The third-order valence-corrected chi connectivity index (χ3v) is 5.69. The maximum atomic E-state index is 6.05. The zero-order valence-corrected chi connectivity index (χ0v) is 23.2. The monoisotopic (exact) mass is 518 g/mol. The Labute approximate surface area is 223 Å². The van der Waals surface area contributed by atoms with Gasteiger partial charge in [-0.2, -0.15) is 0 Å². The molecule has 0 saturated heterocycles. The minimum absolute atomic E-state index is 0.514. The lowest BCUT2D eigenvalue weighted by Gasteiger charge is -2.15. The molecule has 208 valence electrons. The molecule has 7 heteroatoms. The quantitative estimate of drug-likeness (QED) is 0.203. The van der Waals surface area contributed by atoms with Gasteiger partial charge in [-0.3, -0.25) is 0 Å². The third-order valence-electron chi connectivity index (χ3n) is 5.69. The smallest absolute Gasteiger partial charge is 0.122 e. The Morgan fingerprint density at radius 3 is 1.68 bits per heavy atom. The summed E-state index contributed by atoms with van der Waals surface area (Å²) in [6.45, 7) is 13.1. The zero-order chi connectivity index (χ0) is 26.6. The molecule has 2 aromatic carbocycles. The van der Waals surface area contributed by atoms with Gasteiger partial charge in [-0.25, -0.2) is 0 Å². The SMILES string of the molecule is CCCc1cc(-c2cc(C)ccc2C)ccc1OCCOCCOCCOCCOCCOCCOC. The van der Waals surface area contributed by atoms with Crippen LogP contribution < -0.4 is 4.74 Å². The second-order valence-corrected chi connectivity index (χ2v) is 8.79. The summed E-state index contributed by atoms with van der Waals surface area (Å²) in [5.74, 6) is 0.940. The molecule has 0 unspecified atom stereocenters. The van der Waals surface area contributed by atoms with E-state index in [4.69, 9.17) is 33.2 Å². The van der Waals surface area contributed by atoms with Gasteiger partial charge in [-0.05, 0) is 54.7 Å². The van der Waals surface area contributed by atoms with Crippen LogP contribution in [0, 0.1) is 13.8 Å². The van der Waals surface area contributed by atoms with Crippen LogP contribution in [-0.4, -0.2) is 86.4 Å². The van der Waals surface area contributed by atoms with Crippen LogP contribution in [0.15, 0.2) is 36.4 Å². The summed E-state index contributed by atoms with van der Waals surface area (Å²) in [5.41, 5.74) is 6.32. The van der Waals surface area contributed by atoms with Crippen molar-refractivity contribution in [1.82, 2.24) is 0 Å². The summed E-state index contributed by atoms with van der Waals surface area (Å²) in [7, 11) is 1.65. The van der Waals surface area contributed by atoms with Crippen molar-refractivity contribution in [3.63, 3.8) is 0 Å². The molecule has 0 atom stereocenters. The molecule has 2 rings (SSSR count). The normalized spacial score (nSPS) is 11.2. The molecule has 0 aliphatic heterocycles. The molecular weight excluding hydrogens is 472 g/mol. The fraction of sp³-hybridized carbons (Fsp3) is 0.600. The van der Waals surface area contributed by atoms with Crippen LogP contribution >= 0.6 is 0 Å². The Balaban J connectivity index is 1.52. The summed E-state index contributed by atoms with van der Waals surface area (Å²) >= 11 is 0. The van der Waals surface area contributed by atoms with E-state index in [0.717, 1.165) is 18.6 Å². The lowest BCUT2D eigenvalue weighted by Crippen LogP contribution is -2.14. The van der Waals surface area contributed by atoms with Gasteiger partial charge in [0, 0.05) is 7.11 Å². The zero-order valence-electron chi connectivity index (χ0n) is 23.2. The summed E-state index contributed by atoms with van der Waals surface area (Å²) < 4.78 is 38.4. The maximum absolute atomic E-state index is 6.05. The van der Waals surface area contributed by atoms with E-state index in [1.165, 1.54) is 27.8 Å².